The number of rotatable bonds is 16. The van der Waals surface area contributed by atoms with Gasteiger partial charge in [-0.1, -0.05) is 80.1 Å². The molecule has 0 aliphatic carbocycles. The molecule has 0 aliphatic heterocycles. The fourth-order valence-corrected chi connectivity index (χ4v) is 6.37. The van der Waals surface area contributed by atoms with Crippen molar-refractivity contribution in [3.63, 3.8) is 0 Å². The molecule has 3 rings (SSSR count). The highest BCUT2D eigenvalue weighted by Gasteiger charge is 2.36. The molecular weight excluding hydrogens is 538 g/mol. The fourth-order valence-electron chi connectivity index (χ4n) is 4.59. The Labute approximate surface area is 244 Å². The molecule has 0 spiro atoms. The van der Waals surface area contributed by atoms with Crippen LogP contribution in [0, 0.1) is 12.8 Å². The van der Waals surface area contributed by atoms with Crippen molar-refractivity contribution in [2.75, 3.05) is 24.5 Å². The Bertz CT molecular complexity index is 1350. The fraction of sp³-hybridized carbons (Fsp3) is 0.375. The summed E-state index contributed by atoms with van der Waals surface area (Å²) in [6, 6.07) is 24.9. The predicted molar refractivity (Wildman–Crippen MR) is 162 cm³/mol. The van der Waals surface area contributed by atoms with E-state index in [-0.39, 0.29) is 36.2 Å². The van der Waals surface area contributed by atoms with Crippen LogP contribution in [-0.4, -0.2) is 55.4 Å². The number of aliphatic carboxylic acids is 1. The average Bonchev–Trinajstić information content (AvgIpc) is 2.94. The summed E-state index contributed by atoms with van der Waals surface area (Å²) in [5.74, 6) is -1.37. The van der Waals surface area contributed by atoms with Crippen LogP contribution < -0.4 is 10.2 Å². The molecule has 0 aromatic heterocycles. The maximum atomic E-state index is 13.5. The highest BCUT2D eigenvalue weighted by molar-refractivity contribution is 7.89. The van der Waals surface area contributed by atoms with E-state index in [1.54, 1.807) is 12.1 Å². The third kappa shape index (κ3) is 9.72. The Morgan fingerprint density at radius 3 is 2.07 bits per heavy atom. The second-order valence-electron chi connectivity index (χ2n) is 10.7. The first-order chi connectivity index (χ1) is 19.6. The van der Waals surface area contributed by atoms with Gasteiger partial charge in [0.25, 0.3) is 0 Å². The smallest absolute Gasteiger partial charge is 0.322 e. The van der Waals surface area contributed by atoms with Gasteiger partial charge in [0, 0.05) is 25.3 Å². The average molecular weight is 580 g/mol. The monoisotopic (exact) mass is 579 g/mol. The number of carboxylic acid groups (broad SMARTS) is 1. The number of hydrogen-bond donors (Lipinski definition) is 2. The van der Waals surface area contributed by atoms with Gasteiger partial charge in [-0.05, 0) is 61.9 Å². The first kappa shape index (κ1) is 31.8. The van der Waals surface area contributed by atoms with Crippen LogP contribution in [0.1, 0.15) is 44.2 Å². The Morgan fingerprint density at radius 2 is 1.49 bits per heavy atom. The van der Waals surface area contributed by atoms with Crippen LogP contribution in [0.2, 0.25) is 0 Å². The number of carbonyl (C=O) groups excluding carboxylic acids is 1. The van der Waals surface area contributed by atoms with E-state index in [9.17, 15) is 23.1 Å². The number of carboxylic acids is 1. The zero-order chi connectivity index (χ0) is 29.8. The van der Waals surface area contributed by atoms with Crippen LogP contribution in [0.3, 0.4) is 0 Å². The van der Waals surface area contributed by atoms with Gasteiger partial charge in [-0.2, -0.15) is 4.31 Å². The van der Waals surface area contributed by atoms with Crippen LogP contribution >= 0.6 is 0 Å². The van der Waals surface area contributed by atoms with Gasteiger partial charge in [-0.25, -0.2) is 8.42 Å². The summed E-state index contributed by atoms with van der Waals surface area (Å²) in [4.78, 5) is 27.2. The minimum Gasteiger partial charge on any atom is -0.480 e. The molecule has 0 aliphatic rings. The van der Waals surface area contributed by atoms with E-state index in [4.69, 9.17) is 0 Å². The van der Waals surface area contributed by atoms with Crippen molar-refractivity contribution < 1.29 is 23.1 Å². The number of benzene rings is 3. The van der Waals surface area contributed by atoms with Gasteiger partial charge in [0.2, 0.25) is 15.9 Å². The summed E-state index contributed by atoms with van der Waals surface area (Å²) < 4.78 is 28.0. The molecule has 8 nitrogen and oxygen atoms in total. The van der Waals surface area contributed by atoms with Crippen molar-refractivity contribution in [3.05, 3.63) is 96.1 Å². The molecule has 3 aromatic rings. The Balaban J connectivity index is 1.58. The van der Waals surface area contributed by atoms with E-state index in [2.05, 4.69) is 5.32 Å². The van der Waals surface area contributed by atoms with Crippen molar-refractivity contribution in [1.29, 1.82) is 0 Å². The summed E-state index contributed by atoms with van der Waals surface area (Å²) in [5, 5.41) is 12.9. The molecule has 220 valence electrons. The zero-order valence-corrected chi connectivity index (χ0v) is 24.9. The summed E-state index contributed by atoms with van der Waals surface area (Å²) >= 11 is 0. The molecule has 1 amide bonds. The maximum absolute atomic E-state index is 13.5. The van der Waals surface area contributed by atoms with Crippen molar-refractivity contribution >= 4 is 27.6 Å². The number of anilines is 1. The third-order valence-electron chi connectivity index (χ3n) is 6.70. The third-order valence-corrected chi connectivity index (χ3v) is 8.59. The Hall–Kier alpha value is -3.69. The van der Waals surface area contributed by atoms with E-state index in [1.807, 2.05) is 86.3 Å². The quantitative estimate of drug-likeness (QED) is 0.229. The van der Waals surface area contributed by atoms with Crippen LogP contribution in [0.5, 0.6) is 0 Å². The molecule has 0 bridgehead atoms. The molecule has 0 radical (unpaired) electrons. The molecule has 0 heterocycles. The largest absolute Gasteiger partial charge is 0.480 e. The van der Waals surface area contributed by atoms with E-state index in [0.29, 0.717) is 25.9 Å². The number of amides is 1. The highest BCUT2D eigenvalue weighted by atomic mass is 32.2. The van der Waals surface area contributed by atoms with E-state index in [0.717, 1.165) is 21.1 Å². The van der Waals surface area contributed by atoms with Gasteiger partial charge in [0.15, 0.2) is 0 Å². The van der Waals surface area contributed by atoms with E-state index >= 15 is 0 Å². The Morgan fingerprint density at radius 1 is 0.878 bits per heavy atom. The van der Waals surface area contributed by atoms with Gasteiger partial charge in [-0.15, -0.1) is 0 Å². The van der Waals surface area contributed by atoms with E-state index in [1.165, 1.54) is 12.1 Å². The number of hydrogen-bond acceptors (Lipinski definition) is 5. The molecule has 0 unspecified atom stereocenters. The van der Waals surface area contributed by atoms with Gasteiger partial charge < -0.3 is 15.3 Å². The normalized spacial score (nSPS) is 12.3. The van der Waals surface area contributed by atoms with Crippen molar-refractivity contribution in [2.24, 2.45) is 5.92 Å². The first-order valence-electron chi connectivity index (χ1n) is 14.0. The summed E-state index contributed by atoms with van der Waals surface area (Å²) in [6.45, 7) is 6.82. The highest BCUT2D eigenvalue weighted by Crippen LogP contribution is 2.23. The number of nitrogens with zero attached hydrogens (tertiary/aromatic N) is 2. The predicted octanol–water partition coefficient (Wildman–Crippen LogP) is 5.09. The molecule has 3 aromatic carbocycles. The van der Waals surface area contributed by atoms with Gasteiger partial charge in [0.1, 0.15) is 6.04 Å². The van der Waals surface area contributed by atoms with Crippen molar-refractivity contribution in [1.82, 2.24) is 9.62 Å². The summed E-state index contributed by atoms with van der Waals surface area (Å²) in [7, 11) is -4.00. The molecule has 0 fully saturated rings. The lowest BCUT2D eigenvalue weighted by Crippen LogP contribution is -2.46. The topological polar surface area (TPSA) is 107 Å². The van der Waals surface area contributed by atoms with Gasteiger partial charge in [0.05, 0.1) is 11.4 Å². The minimum atomic E-state index is -4.00. The molecular formula is C32H41N3O5S. The number of unbranched alkanes of at least 4 members (excludes halogenated alkanes) is 1. The lowest BCUT2D eigenvalue weighted by molar-refractivity contribution is -0.142. The number of carbonyl (C=O) groups is 2. The minimum absolute atomic E-state index is 0.0557. The number of sulfonamides is 1. The second-order valence-corrected chi connectivity index (χ2v) is 12.5. The molecule has 41 heavy (non-hydrogen) atoms. The summed E-state index contributed by atoms with van der Waals surface area (Å²) in [6.07, 6.45) is 1.12. The van der Waals surface area contributed by atoms with E-state index < -0.39 is 22.0 Å². The van der Waals surface area contributed by atoms with Crippen LogP contribution in [0.25, 0.3) is 0 Å². The number of aryl methyl sites for hydroxylation is 1. The molecule has 0 saturated carbocycles. The van der Waals surface area contributed by atoms with Crippen LogP contribution in [-0.2, 0) is 26.2 Å². The lowest BCUT2D eigenvalue weighted by Gasteiger charge is -2.29. The maximum Gasteiger partial charge on any atom is 0.322 e. The first-order valence-corrected chi connectivity index (χ1v) is 15.4. The number of para-hydroxylation sites is 1. The number of nitrogens with one attached hydrogen (secondary N) is 1. The molecule has 9 heteroatoms. The Kier molecular flexibility index (Phi) is 11.9. The SMILES string of the molecule is Cc1ccc(S(=O)(=O)N(CC(C)C)[C@@H](CCCCNC(=O)CN(Cc2ccccc2)c2ccccc2)C(=O)O)cc1. The van der Waals surface area contributed by atoms with Crippen molar-refractivity contribution in [3.8, 4) is 0 Å². The molecule has 1 atom stereocenters. The molecule has 2 N–H and O–H groups in total. The van der Waals surface area contributed by atoms with Gasteiger partial charge in [-0.3, -0.25) is 9.59 Å². The van der Waals surface area contributed by atoms with Crippen LogP contribution in [0.4, 0.5) is 5.69 Å². The standard InChI is InChI=1S/C32H41N3O5S/c1-25(2)22-35(41(39,40)29-19-17-26(3)18-20-29)30(32(37)38)16-10-11-21-33-31(36)24-34(28-14-8-5-9-15-28)23-27-12-6-4-7-13-27/h4-9,12-15,17-20,25,30H,10-11,16,21-24H2,1-3H3,(H,33,36)(H,37,38)/t30-/m0/s1. The summed E-state index contributed by atoms with van der Waals surface area (Å²) in [5.41, 5.74) is 2.95. The van der Waals surface area contributed by atoms with Crippen LogP contribution in [0.15, 0.2) is 89.8 Å². The lowest BCUT2D eigenvalue weighted by atomic mass is 10.1. The second kappa shape index (κ2) is 15.3. The molecule has 0 saturated heterocycles. The zero-order valence-electron chi connectivity index (χ0n) is 24.1. The van der Waals surface area contributed by atoms with Gasteiger partial charge >= 0.3 is 5.97 Å². The van der Waals surface area contributed by atoms with Crippen molar-refractivity contribution in [2.45, 2.75) is 57.5 Å².